The summed E-state index contributed by atoms with van der Waals surface area (Å²) in [5, 5.41) is 11.0. The smallest absolute Gasteiger partial charge is 0.325 e. The van der Waals surface area contributed by atoms with E-state index < -0.39 is 17.9 Å². The van der Waals surface area contributed by atoms with Crippen molar-refractivity contribution in [3.05, 3.63) is 29.8 Å². The van der Waals surface area contributed by atoms with Gasteiger partial charge in [0, 0.05) is 5.56 Å². The van der Waals surface area contributed by atoms with Gasteiger partial charge in [0.2, 0.25) is 0 Å². The molecule has 0 saturated carbocycles. The van der Waals surface area contributed by atoms with Gasteiger partial charge in [-0.2, -0.15) is 0 Å². The molecule has 1 rings (SSSR count). The van der Waals surface area contributed by atoms with Crippen molar-refractivity contribution in [2.24, 2.45) is 0 Å². The summed E-state index contributed by atoms with van der Waals surface area (Å²) in [5.41, 5.74) is 0.379. The van der Waals surface area contributed by atoms with Gasteiger partial charge < -0.3 is 15.2 Å². The third-order valence-electron chi connectivity index (χ3n) is 2.13. The van der Waals surface area contributed by atoms with Crippen LogP contribution in [0.3, 0.4) is 0 Å². The Hall–Kier alpha value is -2.04. The number of benzene rings is 1. The van der Waals surface area contributed by atoms with Crippen LogP contribution in [0.1, 0.15) is 24.2 Å². The number of carbonyl (C=O) groups is 2. The molecule has 0 saturated heterocycles. The number of carboxylic acids is 1. The molecule has 2 N–H and O–H groups in total. The fourth-order valence-electron chi connectivity index (χ4n) is 1.24. The van der Waals surface area contributed by atoms with Crippen LogP contribution in [-0.2, 0) is 4.79 Å². The highest BCUT2D eigenvalue weighted by Gasteiger charge is 2.15. The Morgan fingerprint density at radius 3 is 2.76 bits per heavy atom. The maximum Gasteiger partial charge on any atom is 0.325 e. The highest BCUT2D eigenvalue weighted by Crippen LogP contribution is 2.13. The van der Waals surface area contributed by atoms with E-state index in [4.69, 9.17) is 9.84 Å². The molecule has 0 bridgehead atoms. The van der Waals surface area contributed by atoms with Crippen molar-refractivity contribution < 1.29 is 19.4 Å². The summed E-state index contributed by atoms with van der Waals surface area (Å²) in [6.07, 6.45) is 0. The van der Waals surface area contributed by atoms with Crippen molar-refractivity contribution in [1.29, 1.82) is 0 Å². The molecule has 92 valence electrons. The summed E-state index contributed by atoms with van der Waals surface area (Å²) < 4.78 is 5.25. The van der Waals surface area contributed by atoms with Crippen molar-refractivity contribution >= 4 is 11.9 Å². The lowest BCUT2D eigenvalue weighted by Crippen LogP contribution is -2.38. The zero-order valence-electron chi connectivity index (χ0n) is 9.77. The van der Waals surface area contributed by atoms with Crippen molar-refractivity contribution in [2.45, 2.75) is 19.9 Å². The predicted molar refractivity (Wildman–Crippen MR) is 62.2 cm³/mol. The Bertz CT molecular complexity index is 417. The van der Waals surface area contributed by atoms with Gasteiger partial charge in [0.15, 0.2) is 0 Å². The molecule has 0 aliphatic rings. The molecule has 1 amide bonds. The largest absolute Gasteiger partial charge is 0.494 e. The molecule has 0 fully saturated rings. The van der Waals surface area contributed by atoms with Crippen LogP contribution in [0.15, 0.2) is 24.3 Å². The molecule has 1 unspecified atom stereocenters. The van der Waals surface area contributed by atoms with Crippen molar-refractivity contribution in [1.82, 2.24) is 5.32 Å². The fraction of sp³-hybridized carbons (Fsp3) is 0.333. The van der Waals surface area contributed by atoms with Gasteiger partial charge in [0.25, 0.3) is 5.91 Å². The zero-order chi connectivity index (χ0) is 12.8. The number of ether oxygens (including phenoxy) is 1. The maximum atomic E-state index is 11.7. The molecule has 0 heterocycles. The molecule has 0 spiro atoms. The third-order valence-corrected chi connectivity index (χ3v) is 2.13. The first-order valence-electron chi connectivity index (χ1n) is 5.31. The number of rotatable bonds is 5. The molecule has 1 aromatic rings. The molecule has 5 nitrogen and oxygen atoms in total. The summed E-state index contributed by atoms with van der Waals surface area (Å²) in [6.45, 7) is 3.77. The minimum atomic E-state index is -1.07. The van der Waals surface area contributed by atoms with Crippen molar-refractivity contribution in [3.63, 3.8) is 0 Å². The monoisotopic (exact) mass is 237 g/mol. The van der Waals surface area contributed by atoms with Crippen LogP contribution in [-0.4, -0.2) is 29.6 Å². The van der Waals surface area contributed by atoms with Crippen LogP contribution in [0.2, 0.25) is 0 Å². The van der Waals surface area contributed by atoms with Gasteiger partial charge in [-0.15, -0.1) is 0 Å². The number of hydrogen-bond donors (Lipinski definition) is 2. The Morgan fingerprint density at radius 1 is 1.47 bits per heavy atom. The van der Waals surface area contributed by atoms with Crippen molar-refractivity contribution in [2.75, 3.05) is 6.61 Å². The summed E-state index contributed by atoms with van der Waals surface area (Å²) in [6, 6.07) is 5.68. The van der Waals surface area contributed by atoms with Gasteiger partial charge in [-0.3, -0.25) is 9.59 Å². The van der Waals surface area contributed by atoms with E-state index in [1.807, 2.05) is 6.92 Å². The molecule has 5 heteroatoms. The second-order valence-electron chi connectivity index (χ2n) is 3.49. The van der Waals surface area contributed by atoms with E-state index in [2.05, 4.69) is 5.32 Å². The lowest BCUT2D eigenvalue weighted by Gasteiger charge is -2.10. The van der Waals surface area contributed by atoms with E-state index >= 15 is 0 Å². The highest BCUT2D eigenvalue weighted by atomic mass is 16.5. The van der Waals surface area contributed by atoms with Crippen molar-refractivity contribution in [3.8, 4) is 5.75 Å². The molecule has 1 aromatic carbocycles. The average molecular weight is 237 g/mol. The van der Waals surface area contributed by atoms with E-state index in [9.17, 15) is 9.59 Å². The average Bonchev–Trinajstić information content (AvgIpc) is 2.29. The van der Waals surface area contributed by atoms with Crippen LogP contribution < -0.4 is 10.1 Å². The third kappa shape index (κ3) is 3.79. The van der Waals surface area contributed by atoms with Gasteiger partial charge >= 0.3 is 5.97 Å². The van der Waals surface area contributed by atoms with E-state index in [1.165, 1.54) is 6.92 Å². The minimum Gasteiger partial charge on any atom is -0.494 e. The van der Waals surface area contributed by atoms with E-state index in [1.54, 1.807) is 24.3 Å². The molecule has 1 atom stereocenters. The summed E-state index contributed by atoms with van der Waals surface area (Å²) in [7, 11) is 0. The Morgan fingerprint density at radius 2 is 2.18 bits per heavy atom. The van der Waals surface area contributed by atoms with Gasteiger partial charge in [0.05, 0.1) is 6.61 Å². The zero-order valence-corrected chi connectivity index (χ0v) is 9.77. The number of hydrogen-bond acceptors (Lipinski definition) is 3. The van der Waals surface area contributed by atoms with E-state index in [0.717, 1.165) is 0 Å². The normalized spacial score (nSPS) is 11.6. The lowest BCUT2D eigenvalue weighted by molar-refractivity contribution is -0.138. The number of carbonyl (C=O) groups excluding carboxylic acids is 1. The van der Waals surface area contributed by atoms with Crippen LogP contribution in [0.5, 0.6) is 5.75 Å². The minimum absolute atomic E-state index is 0.379. The van der Waals surface area contributed by atoms with Crippen LogP contribution in [0.25, 0.3) is 0 Å². The highest BCUT2D eigenvalue weighted by molar-refractivity contribution is 5.96. The standard InChI is InChI=1S/C12H15NO4/c1-3-17-10-6-4-5-9(7-10)11(14)13-8(2)12(15)16/h4-8H,3H2,1-2H3,(H,13,14)(H,15,16). The van der Waals surface area contributed by atoms with Crippen LogP contribution >= 0.6 is 0 Å². The van der Waals surface area contributed by atoms with Crippen LogP contribution in [0, 0.1) is 0 Å². The lowest BCUT2D eigenvalue weighted by atomic mass is 10.2. The first-order chi connectivity index (χ1) is 8.04. The summed E-state index contributed by atoms with van der Waals surface area (Å²) >= 11 is 0. The maximum absolute atomic E-state index is 11.7. The van der Waals surface area contributed by atoms with E-state index in [0.29, 0.717) is 17.9 Å². The molecule has 0 aliphatic carbocycles. The number of carboxylic acid groups (broad SMARTS) is 1. The first kappa shape index (κ1) is 13.0. The molecular weight excluding hydrogens is 222 g/mol. The molecule has 0 aromatic heterocycles. The van der Waals surface area contributed by atoms with Gasteiger partial charge in [0.1, 0.15) is 11.8 Å². The van der Waals surface area contributed by atoms with E-state index in [-0.39, 0.29) is 0 Å². The molecule has 0 radical (unpaired) electrons. The SMILES string of the molecule is CCOc1cccc(C(=O)NC(C)C(=O)O)c1. The second-order valence-corrected chi connectivity index (χ2v) is 3.49. The summed E-state index contributed by atoms with van der Waals surface area (Å²) in [4.78, 5) is 22.3. The van der Waals surface area contributed by atoms with Crippen LogP contribution in [0.4, 0.5) is 0 Å². The Labute approximate surface area is 99.4 Å². The Balaban J connectivity index is 2.75. The first-order valence-corrected chi connectivity index (χ1v) is 5.31. The van der Waals surface area contributed by atoms with Gasteiger partial charge in [-0.1, -0.05) is 6.07 Å². The predicted octanol–water partition coefficient (Wildman–Crippen LogP) is 1.29. The number of nitrogens with one attached hydrogen (secondary N) is 1. The molecular formula is C12H15NO4. The quantitative estimate of drug-likeness (QED) is 0.809. The molecule has 17 heavy (non-hydrogen) atoms. The second kappa shape index (κ2) is 5.89. The van der Waals surface area contributed by atoms with Gasteiger partial charge in [-0.05, 0) is 32.0 Å². The Kier molecular flexibility index (Phi) is 4.51. The number of aliphatic carboxylic acids is 1. The number of amides is 1. The van der Waals surface area contributed by atoms with Gasteiger partial charge in [-0.25, -0.2) is 0 Å². The molecule has 0 aliphatic heterocycles. The summed E-state index contributed by atoms with van der Waals surface area (Å²) in [5.74, 6) is -0.913. The fourth-order valence-corrected chi connectivity index (χ4v) is 1.24. The topological polar surface area (TPSA) is 75.6 Å².